The van der Waals surface area contributed by atoms with Crippen LogP contribution >= 0.6 is 0 Å². The highest BCUT2D eigenvalue weighted by Crippen LogP contribution is 2.17. The van der Waals surface area contributed by atoms with Crippen molar-refractivity contribution < 1.29 is 24.5 Å². The van der Waals surface area contributed by atoms with Crippen molar-refractivity contribution in [1.29, 1.82) is 0 Å². The number of ether oxygens (including phenoxy) is 1. The Labute approximate surface area is 346 Å². The molecule has 6 nitrogen and oxygen atoms in total. The summed E-state index contributed by atoms with van der Waals surface area (Å²) in [5.41, 5.74) is 0. The van der Waals surface area contributed by atoms with Gasteiger partial charge in [0.2, 0.25) is 5.91 Å². The predicted octanol–water partition coefficient (Wildman–Crippen LogP) is 13.7. The van der Waals surface area contributed by atoms with Gasteiger partial charge in [-0.1, -0.05) is 223 Å². The summed E-state index contributed by atoms with van der Waals surface area (Å²) < 4.78 is 5.88. The smallest absolute Gasteiger partial charge is 0.306 e. The molecule has 56 heavy (non-hydrogen) atoms. The van der Waals surface area contributed by atoms with Gasteiger partial charge in [-0.05, 0) is 44.9 Å². The Morgan fingerprint density at radius 1 is 0.536 bits per heavy atom. The van der Waals surface area contributed by atoms with Crippen LogP contribution in [0.2, 0.25) is 0 Å². The second-order valence-electron chi connectivity index (χ2n) is 15.9. The molecule has 0 rings (SSSR count). The van der Waals surface area contributed by atoms with Gasteiger partial charge in [0, 0.05) is 6.42 Å². The van der Waals surface area contributed by atoms with Crippen LogP contribution in [0, 0.1) is 0 Å². The summed E-state index contributed by atoms with van der Waals surface area (Å²) >= 11 is 0. The number of allylic oxidation sites excluding steroid dienone is 10. The third-order valence-corrected chi connectivity index (χ3v) is 10.5. The Morgan fingerprint density at radius 3 is 1.45 bits per heavy atom. The first kappa shape index (κ1) is 53.6. The van der Waals surface area contributed by atoms with E-state index in [0.717, 1.165) is 70.6 Å². The Kier molecular flexibility index (Phi) is 41.8. The van der Waals surface area contributed by atoms with Crippen LogP contribution in [0.15, 0.2) is 60.8 Å². The first-order valence-electron chi connectivity index (χ1n) is 23.6. The fourth-order valence-electron chi connectivity index (χ4n) is 6.92. The molecule has 0 aliphatic heterocycles. The maximum absolute atomic E-state index is 13.1. The van der Waals surface area contributed by atoms with E-state index in [1.807, 2.05) is 42.5 Å². The molecule has 0 aliphatic rings. The van der Waals surface area contributed by atoms with Crippen molar-refractivity contribution in [2.45, 2.75) is 238 Å². The van der Waals surface area contributed by atoms with E-state index < -0.39 is 18.2 Å². The summed E-state index contributed by atoms with van der Waals surface area (Å²) in [5.74, 6) is -0.525. The standard InChI is InChI=1S/C50H89NO5/c1-4-7-10-13-16-19-21-23-24-26-28-31-34-37-40-43-50(55)56-46(41-38-35-32-29-18-15-12-9-6-3)44-49(54)51-47(45-52)48(53)42-39-36-33-30-27-25-22-20-17-14-11-8-5-2/h7,10,13,16,19,21,23-24,26,28,46-48,52-53H,4-6,8-9,11-12,14-15,17-18,20,22,25,27,29-45H2,1-3H3,(H,51,54)/b10-7+,16-13+,21-19-,24-23-,28-26+. The summed E-state index contributed by atoms with van der Waals surface area (Å²) in [6.45, 7) is 6.30. The molecule has 0 radical (unpaired) electrons. The van der Waals surface area contributed by atoms with Crippen LogP contribution in [-0.4, -0.2) is 46.9 Å². The number of nitrogens with one attached hydrogen (secondary N) is 1. The fraction of sp³-hybridized carbons (Fsp3) is 0.760. The average Bonchev–Trinajstić information content (AvgIpc) is 3.19. The summed E-state index contributed by atoms with van der Waals surface area (Å²) in [6.07, 6.45) is 52.8. The molecule has 0 heterocycles. The molecule has 0 aromatic carbocycles. The van der Waals surface area contributed by atoms with E-state index in [2.05, 4.69) is 44.3 Å². The van der Waals surface area contributed by atoms with Gasteiger partial charge in [-0.3, -0.25) is 9.59 Å². The Bertz CT molecular complexity index is 1010. The SMILES string of the molecule is CC/C=C/C=C/C=C\C=C/C=C/CCCCCC(=O)OC(CCCCCCCCCCC)CC(=O)NC(CO)C(O)CCCCCCCCCCCCCCC. The molecule has 0 aromatic heterocycles. The van der Waals surface area contributed by atoms with Crippen LogP contribution < -0.4 is 5.32 Å². The van der Waals surface area contributed by atoms with E-state index in [1.54, 1.807) is 0 Å². The lowest BCUT2D eigenvalue weighted by atomic mass is 10.0. The van der Waals surface area contributed by atoms with Gasteiger partial charge >= 0.3 is 5.97 Å². The number of unbranched alkanes of at least 4 members (excludes halogenated alkanes) is 23. The molecule has 0 saturated heterocycles. The number of rotatable bonds is 41. The van der Waals surface area contributed by atoms with Gasteiger partial charge < -0.3 is 20.3 Å². The number of hydrogen-bond donors (Lipinski definition) is 3. The lowest BCUT2D eigenvalue weighted by Gasteiger charge is -2.24. The Morgan fingerprint density at radius 2 is 0.964 bits per heavy atom. The van der Waals surface area contributed by atoms with Crippen LogP contribution in [0.4, 0.5) is 0 Å². The number of amides is 1. The van der Waals surface area contributed by atoms with Crippen molar-refractivity contribution in [3.63, 3.8) is 0 Å². The molecule has 324 valence electrons. The van der Waals surface area contributed by atoms with Crippen molar-refractivity contribution in [3.05, 3.63) is 60.8 Å². The first-order valence-corrected chi connectivity index (χ1v) is 23.6. The zero-order valence-corrected chi connectivity index (χ0v) is 36.8. The van der Waals surface area contributed by atoms with Crippen LogP contribution in [0.1, 0.15) is 220 Å². The van der Waals surface area contributed by atoms with Gasteiger partial charge in [0.1, 0.15) is 6.10 Å². The Balaban J connectivity index is 4.59. The van der Waals surface area contributed by atoms with E-state index in [1.165, 1.54) is 103 Å². The molecule has 3 N–H and O–H groups in total. The second kappa shape index (κ2) is 43.7. The highest BCUT2D eigenvalue weighted by Gasteiger charge is 2.24. The minimum Gasteiger partial charge on any atom is -0.462 e. The highest BCUT2D eigenvalue weighted by molar-refractivity contribution is 5.77. The third-order valence-electron chi connectivity index (χ3n) is 10.5. The van der Waals surface area contributed by atoms with Gasteiger partial charge in [0.15, 0.2) is 0 Å². The summed E-state index contributed by atoms with van der Waals surface area (Å²) in [5, 5.41) is 23.7. The van der Waals surface area contributed by atoms with Crippen LogP contribution in [0.25, 0.3) is 0 Å². The molecule has 0 spiro atoms. The minimum absolute atomic E-state index is 0.0599. The largest absolute Gasteiger partial charge is 0.462 e. The van der Waals surface area contributed by atoms with Crippen molar-refractivity contribution >= 4 is 11.9 Å². The molecule has 1 amide bonds. The number of aliphatic hydroxyl groups is 2. The molecule has 0 aliphatic carbocycles. The molecule has 0 aromatic rings. The third kappa shape index (κ3) is 38.4. The van der Waals surface area contributed by atoms with Crippen molar-refractivity contribution in [2.24, 2.45) is 0 Å². The monoisotopic (exact) mass is 784 g/mol. The Hall–Kier alpha value is -2.44. The van der Waals surface area contributed by atoms with E-state index in [9.17, 15) is 19.8 Å². The van der Waals surface area contributed by atoms with Gasteiger partial charge in [0.25, 0.3) is 0 Å². The normalized spacial score (nSPS) is 13.9. The van der Waals surface area contributed by atoms with Crippen LogP contribution in [-0.2, 0) is 14.3 Å². The van der Waals surface area contributed by atoms with Gasteiger partial charge in [-0.25, -0.2) is 0 Å². The van der Waals surface area contributed by atoms with Gasteiger partial charge in [0.05, 0.1) is 25.2 Å². The second-order valence-corrected chi connectivity index (χ2v) is 15.9. The molecular weight excluding hydrogens is 695 g/mol. The van der Waals surface area contributed by atoms with Crippen LogP contribution in [0.3, 0.4) is 0 Å². The van der Waals surface area contributed by atoms with E-state index in [-0.39, 0.29) is 24.9 Å². The number of carbonyl (C=O) groups is 2. The predicted molar refractivity (Wildman–Crippen MR) is 241 cm³/mol. The highest BCUT2D eigenvalue weighted by atomic mass is 16.5. The van der Waals surface area contributed by atoms with Crippen molar-refractivity contribution in [2.75, 3.05) is 6.61 Å². The number of hydrogen-bond acceptors (Lipinski definition) is 5. The molecule has 0 bridgehead atoms. The zero-order chi connectivity index (χ0) is 41.0. The summed E-state index contributed by atoms with van der Waals surface area (Å²) in [4.78, 5) is 26.0. The average molecular weight is 784 g/mol. The lowest BCUT2D eigenvalue weighted by Crippen LogP contribution is -2.46. The quantitative estimate of drug-likeness (QED) is 0.0326. The van der Waals surface area contributed by atoms with Crippen molar-refractivity contribution in [1.82, 2.24) is 5.32 Å². The van der Waals surface area contributed by atoms with Gasteiger partial charge in [-0.15, -0.1) is 0 Å². The van der Waals surface area contributed by atoms with Gasteiger partial charge in [-0.2, -0.15) is 0 Å². The zero-order valence-electron chi connectivity index (χ0n) is 36.8. The van der Waals surface area contributed by atoms with E-state index in [4.69, 9.17) is 4.74 Å². The van der Waals surface area contributed by atoms with E-state index >= 15 is 0 Å². The topological polar surface area (TPSA) is 95.9 Å². The molecule has 0 saturated carbocycles. The number of esters is 1. The summed E-state index contributed by atoms with van der Waals surface area (Å²) in [7, 11) is 0. The van der Waals surface area contributed by atoms with Crippen LogP contribution in [0.5, 0.6) is 0 Å². The first-order chi connectivity index (χ1) is 27.5. The lowest BCUT2D eigenvalue weighted by molar-refractivity contribution is -0.151. The maximum atomic E-state index is 13.1. The van der Waals surface area contributed by atoms with E-state index in [0.29, 0.717) is 19.3 Å². The molecule has 3 atom stereocenters. The maximum Gasteiger partial charge on any atom is 0.306 e. The molecule has 0 fully saturated rings. The molecule has 3 unspecified atom stereocenters. The molecular formula is C50H89NO5. The summed E-state index contributed by atoms with van der Waals surface area (Å²) in [6, 6.07) is -0.708. The number of aliphatic hydroxyl groups excluding tert-OH is 2. The number of carbonyl (C=O) groups excluding carboxylic acids is 2. The van der Waals surface area contributed by atoms with Crippen molar-refractivity contribution in [3.8, 4) is 0 Å². The molecule has 6 heteroatoms. The fourth-order valence-corrected chi connectivity index (χ4v) is 6.92. The minimum atomic E-state index is -0.793.